The molecule has 0 saturated carbocycles. The van der Waals surface area contributed by atoms with Crippen LogP contribution in [0.25, 0.3) is 0 Å². The maximum absolute atomic E-state index is 13.1. The molecule has 0 fully saturated rings. The molecule has 1 N–H and O–H groups in total. The van der Waals surface area contributed by atoms with Gasteiger partial charge < -0.3 is 14.8 Å². The monoisotopic (exact) mass is 374 g/mol. The van der Waals surface area contributed by atoms with Crippen LogP contribution in [0.2, 0.25) is 0 Å². The number of hydrogen-bond acceptors (Lipinski definition) is 2. The Morgan fingerprint density at radius 3 is 2.54 bits per heavy atom. The van der Waals surface area contributed by atoms with Gasteiger partial charge >= 0.3 is 6.03 Å². The molecule has 0 bridgehead atoms. The van der Waals surface area contributed by atoms with Gasteiger partial charge in [-0.2, -0.15) is 0 Å². The molecule has 3 heterocycles. The van der Waals surface area contributed by atoms with Crippen LogP contribution in [0, 0.1) is 0 Å². The first-order valence-electron chi connectivity index (χ1n) is 9.66. The molecule has 1 atom stereocenters. The quantitative estimate of drug-likeness (QED) is 0.699. The minimum atomic E-state index is -0.147. The first-order valence-corrected chi connectivity index (χ1v) is 9.66. The maximum atomic E-state index is 13.1. The Morgan fingerprint density at radius 1 is 1.07 bits per heavy atom. The molecule has 0 radical (unpaired) electrons. The highest BCUT2D eigenvalue weighted by Gasteiger charge is 2.32. The van der Waals surface area contributed by atoms with Gasteiger partial charge in [0, 0.05) is 43.1 Å². The van der Waals surface area contributed by atoms with Gasteiger partial charge in [-0.1, -0.05) is 39.0 Å². The SMILES string of the molecule is CC(C)(C)c1ccc(NC(=O)N2CCn3cccc3[C@@H]2c2cccnc2)cc1. The molecule has 3 aromatic rings. The number of carbonyl (C=O) groups excluding carboxylic acids is 1. The highest BCUT2D eigenvalue weighted by atomic mass is 16.2. The second-order valence-corrected chi connectivity index (χ2v) is 8.27. The van der Waals surface area contributed by atoms with E-state index < -0.39 is 0 Å². The predicted octanol–water partition coefficient (Wildman–Crippen LogP) is 4.82. The molecule has 1 aliphatic rings. The van der Waals surface area contributed by atoms with Crippen molar-refractivity contribution in [3.8, 4) is 0 Å². The van der Waals surface area contributed by atoms with Crippen LogP contribution in [0.15, 0.2) is 67.1 Å². The zero-order valence-corrected chi connectivity index (χ0v) is 16.6. The highest BCUT2D eigenvalue weighted by molar-refractivity contribution is 5.90. The molecule has 2 aromatic heterocycles. The molecule has 0 unspecified atom stereocenters. The Labute approximate surface area is 166 Å². The van der Waals surface area contributed by atoms with Crippen molar-refractivity contribution >= 4 is 11.7 Å². The molecule has 0 saturated heterocycles. The number of benzene rings is 1. The van der Waals surface area contributed by atoms with Crippen LogP contribution < -0.4 is 5.32 Å². The van der Waals surface area contributed by atoms with E-state index in [1.54, 1.807) is 6.20 Å². The Kier molecular flexibility index (Phi) is 4.67. The van der Waals surface area contributed by atoms with Gasteiger partial charge in [0.1, 0.15) is 6.04 Å². The van der Waals surface area contributed by atoms with E-state index in [2.05, 4.69) is 60.0 Å². The summed E-state index contributed by atoms with van der Waals surface area (Å²) in [6.07, 6.45) is 5.66. The molecule has 1 aliphatic heterocycles. The number of aromatic nitrogens is 2. The molecule has 144 valence electrons. The van der Waals surface area contributed by atoms with Gasteiger partial charge in [-0.25, -0.2) is 4.79 Å². The largest absolute Gasteiger partial charge is 0.348 e. The fourth-order valence-electron chi connectivity index (χ4n) is 3.74. The lowest BCUT2D eigenvalue weighted by Gasteiger charge is -2.37. The van der Waals surface area contributed by atoms with E-state index in [9.17, 15) is 4.79 Å². The van der Waals surface area contributed by atoms with Gasteiger partial charge in [-0.15, -0.1) is 0 Å². The third-order valence-electron chi connectivity index (χ3n) is 5.30. The third kappa shape index (κ3) is 3.52. The van der Waals surface area contributed by atoms with Crippen molar-refractivity contribution in [1.82, 2.24) is 14.5 Å². The van der Waals surface area contributed by atoms with Crippen LogP contribution in [-0.4, -0.2) is 27.0 Å². The van der Waals surface area contributed by atoms with Gasteiger partial charge in [0.25, 0.3) is 0 Å². The highest BCUT2D eigenvalue weighted by Crippen LogP contribution is 2.32. The number of amides is 2. The number of nitrogens with one attached hydrogen (secondary N) is 1. The summed E-state index contributed by atoms with van der Waals surface area (Å²) in [5, 5.41) is 3.07. The molecule has 4 rings (SSSR count). The normalized spacial score (nSPS) is 16.5. The van der Waals surface area contributed by atoms with Crippen LogP contribution in [0.4, 0.5) is 10.5 Å². The standard InChI is InChI=1S/C23H26N4O/c1-23(2,3)18-8-10-19(11-9-18)25-22(28)27-15-14-26-13-5-7-20(26)21(27)17-6-4-12-24-16-17/h4-13,16,21H,14-15H2,1-3H3,(H,25,28)/t21-/m0/s1. The first kappa shape index (κ1) is 18.3. The van der Waals surface area contributed by atoms with E-state index in [1.807, 2.05) is 41.4 Å². The summed E-state index contributed by atoms with van der Waals surface area (Å²) in [6, 6.07) is 15.9. The fourth-order valence-corrected chi connectivity index (χ4v) is 3.74. The van der Waals surface area contributed by atoms with Crippen LogP contribution >= 0.6 is 0 Å². The van der Waals surface area contributed by atoms with Gasteiger partial charge in [-0.05, 0) is 46.9 Å². The molecule has 5 nitrogen and oxygen atoms in total. The molecule has 2 amide bonds. The lowest BCUT2D eigenvalue weighted by molar-refractivity contribution is 0.181. The van der Waals surface area contributed by atoms with Crippen molar-refractivity contribution < 1.29 is 4.79 Å². The van der Waals surface area contributed by atoms with Crippen molar-refractivity contribution in [2.45, 2.75) is 38.8 Å². The molecular formula is C23H26N4O. The van der Waals surface area contributed by atoms with Crippen molar-refractivity contribution in [3.63, 3.8) is 0 Å². The lowest BCUT2D eigenvalue weighted by Crippen LogP contribution is -2.44. The minimum absolute atomic E-state index is 0.0895. The first-order chi connectivity index (χ1) is 13.4. The van der Waals surface area contributed by atoms with Crippen LogP contribution in [0.1, 0.15) is 43.6 Å². The average Bonchev–Trinajstić information content (AvgIpc) is 3.16. The van der Waals surface area contributed by atoms with E-state index in [0.717, 1.165) is 23.5 Å². The summed E-state index contributed by atoms with van der Waals surface area (Å²) in [5.74, 6) is 0. The predicted molar refractivity (Wildman–Crippen MR) is 111 cm³/mol. The van der Waals surface area contributed by atoms with Crippen LogP contribution in [0.5, 0.6) is 0 Å². The number of rotatable bonds is 2. The van der Waals surface area contributed by atoms with Crippen molar-refractivity contribution in [2.75, 3.05) is 11.9 Å². The number of nitrogens with zero attached hydrogens (tertiary/aromatic N) is 3. The zero-order chi connectivity index (χ0) is 19.7. The molecule has 1 aromatic carbocycles. The summed E-state index contributed by atoms with van der Waals surface area (Å²) in [4.78, 5) is 19.3. The smallest absolute Gasteiger partial charge is 0.322 e. The van der Waals surface area contributed by atoms with E-state index in [0.29, 0.717) is 6.54 Å². The second kappa shape index (κ2) is 7.15. The number of hydrogen-bond donors (Lipinski definition) is 1. The Balaban J connectivity index is 1.59. The molecule has 0 spiro atoms. The van der Waals surface area contributed by atoms with E-state index in [1.165, 1.54) is 5.56 Å². The lowest BCUT2D eigenvalue weighted by atomic mass is 9.87. The average molecular weight is 374 g/mol. The van der Waals surface area contributed by atoms with Crippen molar-refractivity contribution in [3.05, 3.63) is 83.9 Å². The topological polar surface area (TPSA) is 50.2 Å². The summed E-state index contributed by atoms with van der Waals surface area (Å²) < 4.78 is 2.21. The van der Waals surface area contributed by atoms with Crippen molar-refractivity contribution in [1.29, 1.82) is 0 Å². The summed E-state index contributed by atoms with van der Waals surface area (Å²) >= 11 is 0. The van der Waals surface area contributed by atoms with E-state index in [-0.39, 0.29) is 17.5 Å². The van der Waals surface area contributed by atoms with Gasteiger partial charge in [0.05, 0.1) is 0 Å². The minimum Gasteiger partial charge on any atom is -0.348 e. The Morgan fingerprint density at radius 2 is 1.86 bits per heavy atom. The van der Waals surface area contributed by atoms with Crippen LogP contribution in [0.3, 0.4) is 0 Å². The van der Waals surface area contributed by atoms with E-state index in [4.69, 9.17) is 0 Å². The zero-order valence-electron chi connectivity index (χ0n) is 16.6. The number of carbonyl (C=O) groups is 1. The Hall–Kier alpha value is -3.08. The van der Waals surface area contributed by atoms with Crippen molar-refractivity contribution in [2.24, 2.45) is 0 Å². The summed E-state index contributed by atoms with van der Waals surface area (Å²) in [6.45, 7) is 7.98. The maximum Gasteiger partial charge on any atom is 0.322 e. The van der Waals surface area contributed by atoms with Gasteiger partial charge in [-0.3, -0.25) is 4.98 Å². The Bertz CT molecular complexity index is 954. The number of urea groups is 1. The number of anilines is 1. The van der Waals surface area contributed by atoms with Gasteiger partial charge in [0.2, 0.25) is 0 Å². The molecule has 0 aliphatic carbocycles. The van der Waals surface area contributed by atoms with E-state index >= 15 is 0 Å². The molecule has 28 heavy (non-hydrogen) atoms. The molecular weight excluding hydrogens is 348 g/mol. The number of fused-ring (bicyclic) bond motifs is 1. The fraction of sp³-hybridized carbons (Fsp3) is 0.304. The second-order valence-electron chi connectivity index (χ2n) is 8.27. The third-order valence-corrected chi connectivity index (χ3v) is 5.30. The number of pyridine rings is 1. The molecule has 5 heteroatoms. The summed E-state index contributed by atoms with van der Waals surface area (Å²) in [7, 11) is 0. The van der Waals surface area contributed by atoms with Gasteiger partial charge in [0.15, 0.2) is 0 Å². The summed E-state index contributed by atoms with van der Waals surface area (Å²) in [5.41, 5.74) is 4.27. The van der Waals surface area contributed by atoms with Crippen LogP contribution in [-0.2, 0) is 12.0 Å².